The zero-order chi connectivity index (χ0) is 23.1. The van der Waals surface area contributed by atoms with Gasteiger partial charge < -0.3 is 20.1 Å². The first-order valence-corrected chi connectivity index (χ1v) is 8.51. The molecule has 0 aliphatic carbocycles. The first-order valence-electron chi connectivity index (χ1n) is 7.00. The van der Waals surface area contributed by atoms with Crippen LogP contribution in [0.2, 0.25) is 20.1 Å². The molecule has 0 unspecified atom stereocenters. The van der Waals surface area contributed by atoms with E-state index in [1.807, 2.05) is 0 Å². The number of aromatic hydroxyl groups is 2. The summed E-state index contributed by atoms with van der Waals surface area (Å²) in [5, 5.41) is 47.8. The Morgan fingerprint density at radius 1 is 0.867 bits per heavy atom. The van der Waals surface area contributed by atoms with E-state index in [2.05, 4.69) is 0 Å². The number of hydrogen-bond donors (Lipinski definition) is 3. The number of carbonyl (C=O) groups is 2. The van der Waals surface area contributed by atoms with Gasteiger partial charge >= 0.3 is 23.3 Å². The normalized spacial score (nSPS) is 10.5. The van der Waals surface area contributed by atoms with Crippen molar-refractivity contribution in [3.05, 3.63) is 57.5 Å². The van der Waals surface area contributed by atoms with Crippen LogP contribution in [0.15, 0.2) is 6.07 Å². The maximum absolute atomic E-state index is 12.5. The van der Waals surface area contributed by atoms with E-state index < -0.39 is 81.6 Å². The molecule has 2 aromatic rings. The van der Waals surface area contributed by atoms with E-state index >= 15 is 0 Å². The van der Waals surface area contributed by atoms with Crippen molar-refractivity contribution in [2.45, 2.75) is 0 Å². The van der Waals surface area contributed by atoms with Crippen LogP contribution in [-0.2, 0) is 0 Å². The predicted octanol–water partition coefficient (Wildman–Crippen LogP) is 4.45. The van der Waals surface area contributed by atoms with E-state index in [-0.39, 0.29) is 0 Å². The molecule has 3 N–H and O–H groups in total. The van der Waals surface area contributed by atoms with Gasteiger partial charge in [-0.15, -0.1) is 0 Å². The Hall–Kier alpha value is -3.06. The highest BCUT2D eigenvalue weighted by molar-refractivity contribution is 6.41. The van der Waals surface area contributed by atoms with Crippen LogP contribution < -0.4 is 4.74 Å². The standard InChI is InChI=1S/C14H4Cl4N2O10/c15-2-1-3(16)10(21)8(19(26)27)4(2)14(25)30-12-6(17)5(13(23)24)9(20(28)29)11(22)7(12)18/h1,21-22H,(H,23,24). The average Bonchev–Trinajstić information content (AvgIpc) is 2.62. The molecule has 0 aliphatic rings. The molecule has 0 fully saturated rings. The lowest BCUT2D eigenvalue weighted by molar-refractivity contribution is -0.386. The van der Waals surface area contributed by atoms with Gasteiger partial charge in [-0.05, 0) is 6.07 Å². The maximum atomic E-state index is 12.5. The smallest absolute Gasteiger partial charge is 0.352 e. The van der Waals surface area contributed by atoms with E-state index in [0.717, 1.165) is 6.07 Å². The highest BCUT2D eigenvalue weighted by Crippen LogP contribution is 2.49. The monoisotopic (exact) mass is 500 g/mol. The Morgan fingerprint density at radius 2 is 1.37 bits per heavy atom. The SMILES string of the molecule is O=C(Oc1c(Cl)c(O)c([N+](=O)[O-])c(C(=O)O)c1Cl)c1c(Cl)cc(Cl)c(O)c1[N+](=O)[O-]. The Labute approximate surface area is 184 Å². The number of esters is 1. The molecular weight excluding hydrogens is 498 g/mol. The summed E-state index contributed by atoms with van der Waals surface area (Å²) in [6.45, 7) is 0. The Balaban J connectivity index is 2.76. The number of carbonyl (C=O) groups excluding carboxylic acids is 1. The van der Waals surface area contributed by atoms with Crippen LogP contribution in [0, 0.1) is 20.2 Å². The van der Waals surface area contributed by atoms with Gasteiger partial charge in [-0.1, -0.05) is 46.4 Å². The molecule has 0 radical (unpaired) electrons. The van der Waals surface area contributed by atoms with Gasteiger partial charge in [-0.25, -0.2) is 9.59 Å². The fraction of sp³-hybridized carbons (Fsp3) is 0. The number of carboxylic acid groups (broad SMARTS) is 1. The third-order valence-electron chi connectivity index (χ3n) is 3.44. The number of aromatic carboxylic acids is 1. The molecule has 2 aromatic carbocycles. The highest BCUT2D eigenvalue weighted by atomic mass is 35.5. The van der Waals surface area contributed by atoms with Crippen molar-refractivity contribution in [1.82, 2.24) is 0 Å². The molecule has 0 heterocycles. The van der Waals surface area contributed by atoms with Crippen LogP contribution in [0.5, 0.6) is 17.2 Å². The number of nitro groups is 2. The quantitative estimate of drug-likeness (QED) is 0.228. The zero-order valence-electron chi connectivity index (χ0n) is 13.7. The predicted molar refractivity (Wildman–Crippen MR) is 101 cm³/mol. The molecule has 0 spiro atoms. The van der Waals surface area contributed by atoms with Gasteiger partial charge in [0.15, 0.2) is 16.9 Å². The largest absolute Gasteiger partial charge is 0.501 e. The summed E-state index contributed by atoms with van der Waals surface area (Å²) in [6, 6.07) is 0.779. The van der Waals surface area contributed by atoms with Crippen molar-refractivity contribution in [2.75, 3.05) is 0 Å². The summed E-state index contributed by atoms with van der Waals surface area (Å²) >= 11 is 22.8. The molecular formula is C14H4Cl4N2O10. The lowest BCUT2D eigenvalue weighted by atomic mass is 10.1. The molecule has 158 valence electrons. The summed E-state index contributed by atoms with van der Waals surface area (Å²) in [5.74, 6) is -7.25. The summed E-state index contributed by atoms with van der Waals surface area (Å²) in [7, 11) is 0. The number of phenols is 2. The van der Waals surface area contributed by atoms with Crippen molar-refractivity contribution in [3.63, 3.8) is 0 Å². The van der Waals surface area contributed by atoms with E-state index in [1.165, 1.54) is 0 Å². The van der Waals surface area contributed by atoms with Gasteiger partial charge in [-0.3, -0.25) is 20.2 Å². The molecule has 0 aromatic heterocycles. The van der Waals surface area contributed by atoms with Crippen LogP contribution in [0.1, 0.15) is 20.7 Å². The van der Waals surface area contributed by atoms with Gasteiger partial charge in [-0.2, -0.15) is 0 Å². The minimum absolute atomic E-state index is 0.569. The Kier molecular flexibility index (Phi) is 6.47. The number of ether oxygens (including phenoxy) is 1. The Bertz CT molecular complexity index is 1150. The lowest BCUT2D eigenvalue weighted by Crippen LogP contribution is -2.14. The van der Waals surface area contributed by atoms with Crippen LogP contribution in [0.3, 0.4) is 0 Å². The van der Waals surface area contributed by atoms with Gasteiger partial charge in [0.2, 0.25) is 11.5 Å². The van der Waals surface area contributed by atoms with Gasteiger partial charge in [0.25, 0.3) is 0 Å². The number of carboxylic acids is 1. The number of phenolic OH excluding ortho intramolecular Hbond substituents is 2. The fourth-order valence-electron chi connectivity index (χ4n) is 2.22. The molecule has 2 rings (SSSR count). The molecule has 12 nitrogen and oxygen atoms in total. The number of benzene rings is 2. The molecule has 0 aliphatic heterocycles. The second-order valence-corrected chi connectivity index (χ2v) is 6.72. The molecule has 30 heavy (non-hydrogen) atoms. The van der Waals surface area contributed by atoms with Crippen LogP contribution in [-0.4, -0.2) is 37.1 Å². The number of hydrogen-bond acceptors (Lipinski definition) is 9. The third kappa shape index (κ3) is 3.85. The minimum Gasteiger partial charge on any atom is -0.501 e. The van der Waals surface area contributed by atoms with Crippen molar-refractivity contribution in [2.24, 2.45) is 0 Å². The molecule has 0 bridgehead atoms. The van der Waals surface area contributed by atoms with E-state index in [4.69, 9.17) is 51.1 Å². The van der Waals surface area contributed by atoms with Crippen molar-refractivity contribution in [1.29, 1.82) is 0 Å². The summed E-state index contributed by atoms with van der Waals surface area (Å²) in [5.41, 5.74) is -4.93. The molecule has 0 saturated carbocycles. The summed E-state index contributed by atoms with van der Waals surface area (Å²) in [4.78, 5) is 43.6. The number of rotatable bonds is 5. The third-order valence-corrected chi connectivity index (χ3v) is 4.74. The highest BCUT2D eigenvalue weighted by Gasteiger charge is 2.37. The first kappa shape index (κ1) is 23.2. The first-order chi connectivity index (χ1) is 13.8. The lowest BCUT2D eigenvalue weighted by Gasteiger charge is -2.13. The van der Waals surface area contributed by atoms with Crippen molar-refractivity contribution >= 4 is 69.7 Å². The maximum Gasteiger partial charge on any atom is 0.352 e. The summed E-state index contributed by atoms with van der Waals surface area (Å²) < 4.78 is 4.74. The zero-order valence-corrected chi connectivity index (χ0v) is 16.7. The van der Waals surface area contributed by atoms with Gasteiger partial charge in [0, 0.05) is 0 Å². The average molecular weight is 502 g/mol. The number of nitro benzene ring substituents is 2. The molecule has 0 atom stereocenters. The van der Waals surface area contributed by atoms with Gasteiger partial charge in [0.1, 0.15) is 10.0 Å². The number of halogens is 4. The van der Waals surface area contributed by atoms with E-state index in [9.17, 15) is 45.1 Å². The topological polar surface area (TPSA) is 190 Å². The van der Waals surface area contributed by atoms with Crippen LogP contribution in [0.4, 0.5) is 11.4 Å². The van der Waals surface area contributed by atoms with Crippen LogP contribution >= 0.6 is 46.4 Å². The second-order valence-electron chi connectivity index (χ2n) is 5.15. The molecule has 16 heteroatoms. The molecule has 0 saturated heterocycles. The molecule has 0 amide bonds. The van der Waals surface area contributed by atoms with E-state index in [0.29, 0.717) is 0 Å². The van der Waals surface area contributed by atoms with Gasteiger partial charge in [0.05, 0.1) is 19.9 Å². The van der Waals surface area contributed by atoms with Crippen molar-refractivity contribution in [3.8, 4) is 17.2 Å². The Morgan fingerprint density at radius 3 is 1.83 bits per heavy atom. The number of nitrogens with zero attached hydrogens (tertiary/aromatic N) is 2. The minimum atomic E-state index is -1.98. The fourth-order valence-corrected chi connectivity index (χ4v) is 3.32. The van der Waals surface area contributed by atoms with Crippen LogP contribution in [0.25, 0.3) is 0 Å². The van der Waals surface area contributed by atoms with E-state index in [1.54, 1.807) is 0 Å². The summed E-state index contributed by atoms with van der Waals surface area (Å²) in [6.07, 6.45) is 0. The van der Waals surface area contributed by atoms with Crippen molar-refractivity contribution < 1.29 is 39.5 Å². The second kappa shape index (κ2) is 8.36.